The molecule has 0 radical (unpaired) electrons. The van der Waals surface area contributed by atoms with Crippen LogP contribution in [-0.2, 0) is 4.79 Å². The zero-order valence-corrected chi connectivity index (χ0v) is 14.2. The Balaban J connectivity index is 1.87. The summed E-state index contributed by atoms with van der Waals surface area (Å²) in [6.45, 7) is 3.25. The number of amides is 1. The molecule has 0 fully saturated rings. The number of aromatic amines is 1. The van der Waals surface area contributed by atoms with Crippen LogP contribution in [0.25, 0.3) is 22.3 Å². The minimum Gasteiger partial charge on any atom is -0.402 e. The van der Waals surface area contributed by atoms with Crippen molar-refractivity contribution in [1.29, 1.82) is 5.41 Å². The number of rotatable bonds is 4. The van der Waals surface area contributed by atoms with Gasteiger partial charge in [-0.1, -0.05) is 0 Å². The maximum atomic E-state index is 13.3. The lowest BCUT2D eigenvalue weighted by Gasteiger charge is -2.07. The molecule has 0 saturated carbocycles. The molecule has 3 aromatic heterocycles. The minimum atomic E-state index is -0.571. The Labute approximate surface area is 148 Å². The van der Waals surface area contributed by atoms with E-state index in [1.165, 1.54) is 12.3 Å². The smallest absolute Gasteiger partial charge is 0.273 e. The monoisotopic (exact) mass is 352 g/mol. The summed E-state index contributed by atoms with van der Waals surface area (Å²) in [6, 6.07) is 4.87. The number of hydrogen-bond acceptors (Lipinski definition) is 5. The highest BCUT2D eigenvalue weighted by Gasteiger charge is 2.14. The number of nitrogens with two attached hydrogens (primary N) is 1. The fourth-order valence-electron chi connectivity index (χ4n) is 2.36. The quantitative estimate of drug-likeness (QED) is 0.539. The summed E-state index contributed by atoms with van der Waals surface area (Å²) in [5, 5.41) is 11.2. The summed E-state index contributed by atoms with van der Waals surface area (Å²) in [7, 11) is 0. The van der Waals surface area contributed by atoms with Gasteiger partial charge in [0.05, 0.1) is 18.1 Å². The van der Waals surface area contributed by atoms with E-state index in [9.17, 15) is 9.18 Å². The molecule has 26 heavy (non-hydrogen) atoms. The van der Waals surface area contributed by atoms with Crippen molar-refractivity contribution in [1.82, 2.24) is 15.0 Å². The molecule has 0 aromatic carbocycles. The van der Waals surface area contributed by atoms with Crippen LogP contribution in [-0.4, -0.2) is 26.6 Å². The molecule has 0 aliphatic heterocycles. The second-order valence-corrected chi connectivity index (χ2v) is 5.87. The molecule has 5 N–H and O–H groups in total. The summed E-state index contributed by atoms with van der Waals surface area (Å²) in [5.41, 5.74) is 8.53. The van der Waals surface area contributed by atoms with Crippen LogP contribution >= 0.6 is 0 Å². The first-order valence-electron chi connectivity index (χ1n) is 7.78. The summed E-state index contributed by atoms with van der Waals surface area (Å²) in [6.07, 6.45) is 4.15. The van der Waals surface area contributed by atoms with E-state index in [-0.39, 0.29) is 5.71 Å². The van der Waals surface area contributed by atoms with Gasteiger partial charge in [0.15, 0.2) is 0 Å². The Morgan fingerprint density at radius 2 is 2.00 bits per heavy atom. The zero-order valence-electron chi connectivity index (χ0n) is 14.2. The number of hydrogen-bond donors (Lipinski definition) is 4. The summed E-state index contributed by atoms with van der Waals surface area (Å²) in [5.74, 6) is -1.00. The first-order chi connectivity index (χ1) is 12.3. The standard InChI is InChI=1S/C18H17FN6O/c1-9(10(2)20)16(21)18(26)24-14-4-11-5-15(25-17(11)23-8-14)12-3-13(19)7-22-6-12/h3-8,21H,20H2,1-2H3,(H,23,25)(H,24,26)/b10-9-,21-16?. The number of halogens is 1. The van der Waals surface area contributed by atoms with Crippen molar-refractivity contribution in [3.8, 4) is 11.3 Å². The molecule has 0 aliphatic carbocycles. The maximum absolute atomic E-state index is 13.3. The van der Waals surface area contributed by atoms with Gasteiger partial charge in [0.25, 0.3) is 5.91 Å². The number of allylic oxidation sites excluding steroid dienone is 1. The normalized spacial score (nSPS) is 12.0. The first-order valence-corrected chi connectivity index (χ1v) is 7.78. The van der Waals surface area contributed by atoms with E-state index >= 15 is 0 Å². The highest BCUT2D eigenvalue weighted by Crippen LogP contribution is 2.24. The number of anilines is 1. The van der Waals surface area contributed by atoms with Crippen molar-refractivity contribution in [3.63, 3.8) is 0 Å². The largest absolute Gasteiger partial charge is 0.402 e. The third kappa shape index (κ3) is 3.44. The Hall–Kier alpha value is -3.55. The number of pyridine rings is 2. The second kappa shape index (κ2) is 6.75. The Kier molecular flexibility index (Phi) is 4.49. The van der Waals surface area contributed by atoms with Crippen LogP contribution in [0.2, 0.25) is 0 Å². The van der Waals surface area contributed by atoms with Gasteiger partial charge in [0.1, 0.15) is 17.2 Å². The van der Waals surface area contributed by atoms with E-state index in [2.05, 4.69) is 20.3 Å². The van der Waals surface area contributed by atoms with E-state index in [1.807, 2.05) is 0 Å². The fourth-order valence-corrected chi connectivity index (χ4v) is 2.36. The fraction of sp³-hybridized carbons (Fsp3) is 0.111. The van der Waals surface area contributed by atoms with Crippen molar-refractivity contribution >= 4 is 28.3 Å². The summed E-state index contributed by atoms with van der Waals surface area (Å²) < 4.78 is 13.3. The van der Waals surface area contributed by atoms with Gasteiger partial charge in [-0.15, -0.1) is 0 Å². The Bertz CT molecular complexity index is 1050. The number of nitrogens with one attached hydrogen (secondary N) is 3. The maximum Gasteiger partial charge on any atom is 0.273 e. The molecule has 3 rings (SSSR count). The van der Waals surface area contributed by atoms with Gasteiger partial charge >= 0.3 is 0 Å². The molecule has 0 spiro atoms. The Morgan fingerprint density at radius 1 is 1.23 bits per heavy atom. The number of H-pyrrole nitrogens is 1. The molecule has 0 saturated heterocycles. The topological polar surface area (TPSA) is 121 Å². The molecule has 132 valence electrons. The third-order valence-corrected chi connectivity index (χ3v) is 3.94. The lowest BCUT2D eigenvalue weighted by Crippen LogP contribution is -2.24. The average molecular weight is 352 g/mol. The van der Waals surface area contributed by atoms with Crippen molar-refractivity contribution in [2.24, 2.45) is 5.73 Å². The van der Waals surface area contributed by atoms with E-state index < -0.39 is 11.7 Å². The van der Waals surface area contributed by atoms with Gasteiger partial charge in [0, 0.05) is 28.5 Å². The molecule has 1 amide bonds. The van der Waals surface area contributed by atoms with Gasteiger partial charge in [-0.2, -0.15) is 0 Å². The predicted molar refractivity (Wildman–Crippen MR) is 98.2 cm³/mol. The van der Waals surface area contributed by atoms with Crippen molar-refractivity contribution in [3.05, 3.63) is 53.9 Å². The molecule has 3 heterocycles. The van der Waals surface area contributed by atoms with Crippen LogP contribution in [0, 0.1) is 11.2 Å². The van der Waals surface area contributed by atoms with Crippen LogP contribution < -0.4 is 11.1 Å². The van der Waals surface area contributed by atoms with Gasteiger partial charge in [-0.25, -0.2) is 9.37 Å². The molecule has 3 aromatic rings. The summed E-state index contributed by atoms with van der Waals surface area (Å²) in [4.78, 5) is 23.3. The van der Waals surface area contributed by atoms with E-state index in [1.54, 1.807) is 32.2 Å². The average Bonchev–Trinajstić information content (AvgIpc) is 3.03. The number of aromatic nitrogens is 3. The molecular formula is C18H17FN6O. The van der Waals surface area contributed by atoms with E-state index in [4.69, 9.17) is 11.1 Å². The highest BCUT2D eigenvalue weighted by molar-refractivity contribution is 6.47. The minimum absolute atomic E-state index is 0.203. The molecule has 8 heteroatoms. The molecule has 0 unspecified atom stereocenters. The molecule has 0 bridgehead atoms. The second-order valence-electron chi connectivity index (χ2n) is 5.87. The lowest BCUT2D eigenvalue weighted by atomic mass is 10.1. The summed E-state index contributed by atoms with van der Waals surface area (Å²) >= 11 is 0. The van der Waals surface area contributed by atoms with Crippen molar-refractivity contribution < 1.29 is 9.18 Å². The number of carbonyl (C=O) groups excluding carboxylic acids is 1. The predicted octanol–water partition coefficient (Wildman–Crippen LogP) is 2.97. The van der Waals surface area contributed by atoms with Gasteiger partial charge in [-0.05, 0) is 37.6 Å². The van der Waals surface area contributed by atoms with Crippen LogP contribution in [0.4, 0.5) is 10.1 Å². The third-order valence-electron chi connectivity index (χ3n) is 3.94. The molecule has 7 nitrogen and oxygen atoms in total. The first kappa shape index (κ1) is 17.3. The van der Waals surface area contributed by atoms with E-state index in [0.29, 0.717) is 33.9 Å². The van der Waals surface area contributed by atoms with E-state index in [0.717, 1.165) is 11.6 Å². The van der Waals surface area contributed by atoms with Crippen molar-refractivity contribution in [2.45, 2.75) is 13.8 Å². The van der Waals surface area contributed by atoms with Crippen LogP contribution in [0.3, 0.4) is 0 Å². The Morgan fingerprint density at radius 3 is 2.69 bits per heavy atom. The van der Waals surface area contributed by atoms with Crippen molar-refractivity contribution in [2.75, 3.05) is 5.32 Å². The molecular weight excluding hydrogens is 335 g/mol. The highest BCUT2D eigenvalue weighted by atomic mass is 19.1. The van der Waals surface area contributed by atoms with Crippen LogP contribution in [0.1, 0.15) is 13.8 Å². The molecule has 0 atom stereocenters. The number of nitrogens with zero attached hydrogens (tertiary/aromatic N) is 2. The number of fused-ring (bicyclic) bond motifs is 1. The van der Waals surface area contributed by atoms with Gasteiger partial charge in [0.2, 0.25) is 0 Å². The van der Waals surface area contributed by atoms with Crippen LogP contribution in [0.5, 0.6) is 0 Å². The number of carbonyl (C=O) groups is 1. The SMILES string of the molecule is C/C(N)=C(\C)C(=N)C(=O)Nc1cnc2[nH]c(-c3cncc(F)c3)cc2c1. The van der Waals surface area contributed by atoms with Gasteiger partial charge < -0.3 is 16.0 Å². The zero-order chi connectivity index (χ0) is 18.8. The van der Waals surface area contributed by atoms with Crippen LogP contribution in [0.15, 0.2) is 48.1 Å². The lowest BCUT2D eigenvalue weighted by molar-refractivity contribution is -0.110. The molecule has 0 aliphatic rings. The van der Waals surface area contributed by atoms with Gasteiger partial charge in [-0.3, -0.25) is 15.2 Å².